The monoisotopic (exact) mass is 440 g/mol. The lowest BCUT2D eigenvalue weighted by molar-refractivity contribution is 0.157. The second-order valence-corrected chi connectivity index (χ2v) is 5.95. The summed E-state index contributed by atoms with van der Waals surface area (Å²) in [6.45, 7) is 3.58. The molecule has 0 bridgehead atoms. The van der Waals surface area contributed by atoms with Crippen molar-refractivity contribution < 1.29 is 4.74 Å². The predicted octanol–water partition coefficient (Wildman–Crippen LogP) is 2.90. The molecule has 1 aromatic heterocycles. The Morgan fingerprint density at radius 1 is 1.38 bits per heavy atom. The van der Waals surface area contributed by atoms with Crippen LogP contribution in [0.2, 0.25) is 0 Å². The van der Waals surface area contributed by atoms with Crippen molar-refractivity contribution in [2.75, 3.05) is 33.9 Å². The number of likely N-dealkylation sites (tertiary alicyclic amines) is 1. The lowest BCUT2D eigenvalue weighted by Gasteiger charge is -2.22. The number of nitrogens with zero attached hydrogens (tertiary/aromatic N) is 3. The lowest BCUT2D eigenvalue weighted by atomic mass is 10.1. The maximum absolute atomic E-state index is 5.27. The minimum Gasteiger partial charge on any atom is -0.384 e. The second-order valence-electron chi connectivity index (χ2n) is 5.95. The zero-order valence-electron chi connectivity index (χ0n) is 14.2. The Labute approximate surface area is 160 Å². The number of fused-ring (bicyclic) bond motifs is 1. The summed E-state index contributed by atoms with van der Waals surface area (Å²) in [5.41, 5.74) is 2.24. The first-order valence-corrected chi connectivity index (χ1v) is 8.09. The normalized spacial score (nSPS) is 17.8. The van der Waals surface area contributed by atoms with Gasteiger partial charge in [0.25, 0.3) is 0 Å². The largest absolute Gasteiger partial charge is 0.384 e. The molecular formula is C18H25IN4O. The molecule has 1 aliphatic rings. The number of ether oxygens (including phenoxy) is 1. The van der Waals surface area contributed by atoms with Crippen LogP contribution in [-0.2, 0) is 11.3 Å². The first kappa shape index (κ1) is 18.9. The van der Waals surface area contributed by atoms with E-state index in [0.717, 1.165) is 44.1 Å². The molecule has 130 valence electrons. The van der Waals surface area contributed by atoms with Gasteiger partial charge in [0, 0.05) is 51.3 Å². The van der Waals surface area contributed by atoms with E-state index < -0.39 is 0 Å². The fourth-order valence-corrected chi connectivity index (χ4v) is 3.21. The van der Waals surface area contributed by atoms with E-state index in [4.69, 9.17) is 4.74 Å². The summed E-state index contributed by atoms with van der Waals surface area (Å²) in [6.07, 6.45) is 3.00. The van der Waals surface area contributed by atoms with Gasteiger partial charge in [0.15, 0.2) is 5.96 Å². The van der Waals surface area contributed by atoms with E-state index in [-0.39, 0.29) is 24.0 Å². The minimum atomic E-state index is 0. The van der Waals surface area contributed by atoms with Gasteiger partial charge in [-0.3, -0.25) is 9.98 Å². The topological polar surface area (TPSA) is 49.8 Å². The maximum Gasteiger partial charge on any atom is 0.193 e. The van der Waals surface area contributed by atoms with E-state index in [2.05, 4.69) is 44.5 Å². The molecule has 0 saturated carbocycles. The number of para-hydroxylation sites is 1. The molecular weight excluding hydrogens is 415 g/mol. The number of hydrogen-bond donors (Lipinski definition) is 1. The van der Waals surface area contributed by atoms with Crippen molar-refractivity contribution in [1.29, 1.82) is 0 Å². The van der Waals surface area contributed by atoms with Crippen LogP contribution < -0.4 is 5.32 Å². The van der Waals surface area contributed by atoms with Gasteiger partial charge >= 0.3 is 0 Å². The predicted molar refractivity (Wildman–Crippen MR) is 109 cm³/mol. The fraction of sp³-hybridized carbons (Fsp3) is 0.444. The molecule has 1 aromatic carbocycles. The second kappa shape index (κ2) is 9.17. The van der Waals surface area contributed by atoms with Crippen LogP contribution in [0.1, 0.15) is 12.0 Å². The zero-order chi connectivity index (χ0) is 16.1. The van der Waals surface area contributed by atoms with Crippen LogP contribution in [0.15, 0.2) is 41.5 Å². The molecule has 1 atom stereocenters. The molecule has 5 nitrogen and oxygen atoms in total. The van der Waals surface area contributed by atoms with Crippen LogP contribution in [0, 0.1) is 5.92 Å². The van der Waals surface area contributed by atoms with Crippen LogP contribution in [0.3, 0.4) is 0 Å². The average Bonchev–Trinajstić information content (AvgIpc) is 3.04. The number of methoxy groups -OCH3 is 1. The van der Waals surface area contributed by atoms with Crippen LogP contribution in [0.4, 0.5) is 0 Å². The summed E-state index contributed by atoms with van der Waals surface area (Å²) in [4.78, 5) is 11.2. The molecule has 24 heavy (non-hydrogen) atoms. The molecule has 2 aromatic rings. The van der Waals surface area contributed by atoms with Gasteiger partial charge in [0.05, 0.1) is 12.1 Å². The first-order valence-electron chi connectivity index (χ1n) is 8.09. The number of aromatic nitrogens is 1. The van der Waals surface area contributed by atoms with Crippen LogP contribution in [0.5, 0.6) is 0 Å². The van der Waals surface area contributed by atoms with Gasteiger partial charge < -0.3 is 15.0 Å². The molecule has 0 amide bonds. The highest BCUT2D eigenvalue weighted by Crippen LogP contribution is 2.18. The van der Waals surface area contributed by atoms with Gasteiger partial charge in [-0.1, -0.05) is 24.3 Å². The highest BCUT2D eigenvalue weighted by Gasteiger charge is 2.24. The number of guanidine groups is 1. The molecule has 6 heteroatoms. The van der Waals surface area contributed by atoms with E-state index in [1.165, 1.54) is 10.9 Å². The van der Waals surface area contributed by atoms with Crippen molar-refractivity contribution in [3.05, 3.63) is 42.1 Å². The van der Waals surface area contributed by atoms with Crippen molar-refractivity contribution >= 4 is 40.8 Å². The maximum atomic E-state index is 5.27. The molecule has 2 heterocycles. The number of aliphatic imine (C=N–C) groups is 1. The Morgan fingerprint density at radius 2 is 2.21 bits per heavy atom. The summed E-state index contributed by atoms with van der Waals surface area (Å²) in [5, 5.41) is 4.65. The number of pyridine rings is 1. The SMILES string of the molecule is CN=C(NCc1cccc2cccnc12)N1CCC(COC)C1.I. The van der Waals surface area contributed by atoms with Crippen molar-refractivity contribution in [2.45, 2.75) is 13.0 Å². The van der Waals surface area contributed by atoms with Crippen molar-refractivity contribution in [3.63, 3.8) is 0 Å². The molecule has 0 spiro atoms. The van der Waals surface area contributed by atoms with Gasteiger partial charge in [0.2, 0.25) is 0 Å². The highest BCUT2D eigenvalue weighted by atomic mass is 127. The Bertz CT molecular complexity index is 686. The van der Waals surface area contributed by atoms with E-state index in [9.17, 15) is 0 Å². The molecule has 0 radical (unpaired) electrons. The summed E-state index contributed by atoms with van der Waals surface area (Å²) < 4.78 is 5.27. The third kappa shape index (κ3) is 4.36. The minimum absolute atomic E-state index is 0. The number of rotatable bonds is 4. The summed E-state index contributed by atoms with van der Waals surface area (Å²) >= 11 is 0. The third-order valence-corrected chi connectivity index (χ3v) is 4.35. The lowest BCUT2D eigenvalue weighted by Crippen LogP contribution is -2.39. The van der Waals surface area contributed by atoms with Crippen LogP contribution in [-0.4, -0.2) is 49.7 Å². The quantitative estimate of drug-likeness (QED) is 0.452. The number of benzene rings is 1. The van der Waals surface area contributed by atoms with Gasteiger partial charge in [-0.2, -0.15) is 0 Å². The van der Waals surface area contributed by atoms with E-state index in [1.807, 2.05) is 19.3 Å². The molecule has 3 rings (SSSR count). The van der Waals surface area contributed by atoms with Gasteiger partial charge in [0.1, 0.15) is 0 Å². The van der Waals surface area contributed by atoms with Crippen molar-refractivity contribution in [1.82, 2.24) is 15.2 Å². The Balaban J connectivity index is 0.00000208. The summed E-state index contributed by atoms with van der Waals surface area (Å²) in [5.74, 6) is 1.55. The van der Waals surface area contributed by atoms with E-state index >= 15 is 0 Å². The summed E-state index contributed by atoms with van der Waals surface area (Å²) in [6, 6.07) is 10.4. The number of hydrogen-bond acceptors (Lipinski definition) is 3. The smallest absolute Gasteiger partial charge is 0.193 e. The van der Waals surface area contributed by atoms with Crippen molar-refractivity contribution in [3.8, 4) is 0 Å². The Hall–Kier alpha value is -1.41. The Kier molecular flexibility index (Phi) is 7.23. The van der Waals surface area contributed by atoms with Gasteiger partial charge in [-0.05, 0) is 18.1 Å². The van der Waals surface area contributed by atoms with Gasteiger partial charge in [-0.25, -0.2) is 0 Å². The molecule has 1 saturated heterocycles. The molecule has 1 fully saturated rings. The first-order chi connectivity index (χ1) is 11.3. The van der Waals surface area contributed by atoms with E-state index in [0.29, 0.717) is 5.92 Å². The molecule has 1 N–H and O–H groups in total. The van der Waals surface area contributed by atoms with Crippen LogP contribution >= 0.6 is 24.0 Å². The molecule has 1 aliphatic heterocycles. The zero-order valence-corrected chi connectivity index (χ0v) is 16.6. The standard InChI is InChI=1S/C18H24N4O.HI/c1-19-18(22-10-8-14(12-22)13-23-2)21-11-16-6-3-5-15-7-4-9-20-17(15)16;/h3-7,9,14H,8,10-13H2,1-2H3,(H,19,21);1H. The number of halogens is 1. The van der Waals surface area contributed by atoms with Gasteiger partial charge in [-0.15, -0.1) is 24.0 Å². The Morgan fingerprint density at radius 3 is 3.00 bits per heavy atom. The highest BCUT2D eigenvalue weighted by molar-refractivity contribution is 14.0. The third-order valence-electron chi connectivity index (χ3n) is 4.35. The van der Waals surface area contributed by atoms with E-state index in [1.54, 1.807) is 7.11 Å². The molecule has 1 unspecified atom stereocenters. The van der Waals surface area contributed by atoms with Crippen LogP contribution in [0.25, 0.3) is 10.9 Å². The summed E-state index contributed by atoms with van der Waals surface area (Å²) in [7, 11) is 3.61. The average molecular weight is 440 g/mol. The number of nitrogens with one attached hydrogen (secondary N) is 1. The van der Waals surface area contributed by atoms with Crippen molar-refractivity contribution in [2.24, 2.45) is 10.9 Å². The molecule has 0 aliphatic carbocycles. The fourth-order valence-electron chi connectivity index (χ4n) is 3.21.